The summed E-state index contributed by atoms with van der Waals surface area (Å²) in [6.45, 7) is 2.82. The molecule has 0 aliphatic rings. The van der Waals surface area contributed by atoms with Crippen molar-refractivity contribution in [3.8, 4) is 0 Å². The van der Waals surface area contributed by atoms with Gasteiger partial charge in [-0.3, -0.25) is 0 Å². The minimum absolute atomic E-state index is 0.332. The maximum atomic E-state index is 11.2. The number of hydrogen-bond donors (Lipinski definition) is 2. The number of rotatable bonds is 4. The quantitative estimate of drug-likeness (QED) is 0.796. The van der Waals surface area contributed by atoms with Gasteiger partial charge in [0.25, 0.3) is 0 Å². The summed E-state index contributed by atoms with van der Waals surface area (Å²) in [4.78, 5) is 11.2. The smallest absolute Gasteiger partial charge is 0.352 e. The zero-order chi connectivity index (χ0) is 12.4. The van der Waals surface area contributed by atoms with Crippen LogP contribution in [-0.2, 0) is 6.54 Å². The van der Waals surface area contributed by atoms with E-state index in [1.54, 1.807) is 12.1 Å². The lowest BCUT2D eigenvalue weighted by Gasteiger charge is -2.07. The van der Waals surface area contributed by atoms with Gasteiger partial charge in [0.15, 0.2) is 0 Å². The van der Waals surface area contributed by atoms with Crippen molar-refractivity contribution in [1.82, 2.24) is 4.57 Å². The second kappa shape index (κ2) is 4.49. The molecule has 2 aromatic rings. The number of unbranched alkanes of at least 4 members (excludes halogenated alkanes) is 1. The van der Waals surface area contributed by atoms with Gasteiger partial charge in [-0.1, -0.05) is 13.3 Å². The lowest BCUT2D eigenvalue weighted by atomic mass is 10.2. The fourth-order valence-corrected chi connectivity index (χ4v) is 2.02. The average Bonchev–Trinajstić information content (AvgIpc) is 2.64. The number of carboxylic acids is 1. The number of aryl methyl sites for hydroxylation is 1. The Hall–Kier alpha value is -1.97. The Kier molecular flexibility index (Phi) is 3.04. The van der Waals surface area contributed by atoms with Gasteiger partial charge in [-0.05, 0) is 30.7 Å². The fourth-order valence-electron chi connectivity index (χ4n) is 2.02. The van der Waals surface area contributed by atoms with Crippen LogP contribution in [0.4, 0.5) is 5.69 Å². The molecule has 0 atom stereocenters. The van der Waals surface area contributed by atoms with Crippen LogP contribution in [0.1, 0.15) is 30.3 Å². The maximum Gasteiger partial charge on any atom is 0.352 e. The Morgan fingerprint density at radius 3 is 2.82 bits per heavy atom. The van der Waals surface area contributed by atoms with Crippen molar-refractivity contribution in [1.29, 1.82) is 0 Å². The zero-order valence-corrected chi connectivity index (χ0v) is 9.81. The monoisotopic (exact) mass is 232 g/mol. The van der Waals surface area contributed by atoms with Crippen LogP contribution >= 0.6 is 0 Å². The first-order chi connectivity index (χ1) is 8.13. The van der Waals surface area contributed by atoms with Crippen molar-refractivity contribution in [2.75, 3.05) is 5.73 Å². The number of anilines is 1. The Morgan fingerprint density at radius 1 is 1.41 bits per heavy atom. The first-order valence-corrected chi connectivity index (χ1v) is 5.75. The second-order valence-corrected chi connectivity index (χ2v) is 4.16. The Bertz CT molecular complexity index is 558. The third-order valence-corrected chi connectivity index (χ3v) is 2.88. The van der Waals surface area contributed by atoms with Crippen molar-refractivity contribution in [2.45, 2.75) is 26.3 Å². The van der Waals surface area contributed by atoms with Gasteiger partial charge in [-0.15, -0.1) is 0 Å². The predicted octanol–water partition coefficient (Wildman–Crippen LogP) is 2.72. The first kappa shape index (κ1) is 11.5. The lowest BCUT2D eigenvalue weighted by Crippen LogP contribution is -2.08. The first-order valence-electron chi connectivity index (χ1n) is 5.75. The van der Waals surface area contributed by atoms with Crippen molar-refractivity contribution < 1.29 is 9.90 Å². The van der Waals surface area contributed by atoms with Gasteiger partial charge in [0.2, 0.25) is 0 Å². The lowest BCUT2D eigenvalue weighted by molar-refractivity contribution is 0.0685. The molecular weight excluding hydrogens is 216 g/mol. The Morgan fingerprint density at radius 2 is 2.18 bits per heavy atom. The Labute approximate surface area is 99.7 Å². The van der Waals surface area contributed by atoms with Crippen molar-refractivity contribution >= 4 is 22.6 Å². The topological polar surface area (TPSA) is 68.2 Å². The van der Waals surface area contributed by atoms with Gasteiger partial charge in [-0.2, -0.15) is 0 Å². The second-order valence-electron chi connectivity index (χ2n) is 4.16. The largest absolute Gasteiger partial charge is 0.477 e. The number of aromatic nitrogens is 1. The molecule has 3 N–H and O–H groups in total. The molecule has 1 aromatic heterocycles. The number of aromatic carboxylic acids is 1. The van der Waals surface area contributed by atoms with Crippen LogP contribution in [0.15, 0.2) is 24.3 Å². The van der Waals surface area contributed by atoms with Crippen LogP contribution in [0.3, 0.4) is 0 Å². The number of hydrogen-bond acceptors (Lipinski definition) is 2. The minimum Gasteiger partial charge on any atom is -0.477 e. The standard InChI is InChI=1S/C13H16N2O2/c1-2-3-6-15-11-5-4-10(14)7-9(11)8-12(15)13(16)17/h4-5,7-8H,2-3,6,14H2,1H3,(H,16,17). The van der Waals surface area contributed by atoms with Crippen LogP contribution in [0, 0.1) is 0 Å². The van der Waals surface area contributed by atoms with Crippen molar-refractivity contribution in [2.24, 2.45) is 0 Å². The van der Waals surface area contributed by atoms with Crippen LogP contribution in [0.25, 0.3) is 10.9 Å². The molecular formula is C13H16N2O2. The van der Waals surface area contributed by atoms with Gasteiger partial charge in [0.1, 0.15) is 5.69 Å². The average molecular weight is 232 g/mol. The number of nitrogen functional groups attached to an aromatic ring is 1. The zero-order valence-electron chi connectivity index (χ0n) is 9.81. The maximum absolute atomic E-state index is 11.2. The molecule has 17 heavy (non-hydrogen) atoms. The summed E-state index contributed by atoms with van der Waals surface area (Å²) in [6.07, 6.45) is 2.00. The summed E-state index contributed by atoms with van der Waals surface area (Å²) in [6, 6.07) is 7.18. The van der Waals surface area contributed by atoms with Gasteiger partial charge < -0.3 is 15.4 Å². The van der Waals surface area contributed by atoms with Crippen LogP contribution in [0.5, 0.6) is 0 Å². The summed E-state index contributed by atoms with van der Waals surface area (Å²) in [5, 5.41) is 10.1. The molecule has 0 radical (unpaired) electrons. The molecule has 0 saturated heterocycles. The normalized spacial score (nSPS) is 10.9. The number of carboxylic acid groups (broad SMARTS) is 1. The van der Waals surface area contributed by atoms with E-state index in [0.29, 0.717) is 11.4 Å². The molecule has 2 rings (SSSR count). The fraction of sp³-hybridized carbons (Fsp3) is 0.308. The molecule has 0 spiro atoms. The number of carbonyl (C=O) groups is 1. The van der Waals surface area contributed by atoms with E-state index in [-0.39, 0.29) is 0 Å². The van der Waals surface area contributed by atoms with Crippen LogP contribution in [0.2, 0.25) is 0 Å². The summed E-state index contributed by atoms with van der Waals surface area (Å²) >= 11 is 0. The van der Waals surface area contributed by atoms with Gasteiger partial charge in [0, 0.05) is 23.1 Å². The molecule has 0 saturated carbocycles. The van der Waals surface area contributed by atoms with Crippen LogP contribution < -0.4 is 5.73 Å². The molecule has 90 valence electrons. The van der Waals surface area contributed by atoms with Gasteiger partial charge >= 0.3 is 5.97 Å². The molecule has 0 aliphatic heterocycles. The third-order valence-electron chi connectivity index (χ3n) is 2.88. The number of benzene rings is 1. The predicted molar refractivity (Wildman–Crippen MR) is 68.2 cm³/mol. The minimum atomic E-state index is -0.893. The third kappa shape index (κ3) is 2.11. The highest BCUT2D eigenvalue weighted by molar-refractivity contribution is 5.95. The molecule has 4 heteroatoms. The molecule has 4 nitrogen and oxygen atoms in total. The van der Waals surface area contributed by atoms with E-state index >= 15 is 0 Å². The molecule has 0 fully saturated rings. The molecule has 0 aliphatic carbocycles. The molecule has 0 unspecified atom stereocenters. The van der Waals surface area contributed by atoms with E-state index in [4.69, 9.17) is 5.73 Å². The van der Waals surface area contributed by atoms with E-state index in [9.17, 15) is 9.90 Å². The number of nitrogens with zero attached hydrogens (tertiary/aromatic N) is 1. The summed E-state index contributed by atoms with van der Waals surface area (Å²) in [5.41, 5.74) is 7.63. The van der Waals surface area contributed by atoms with E-state index < -0.39 is 5.97 Å². The van der Waals surface area contributed by atoms with Crippen molar-refractivity contribution in [3.63, 3.8) is 0 Å². The van der Waals surface area contributed by atoms with Crippen molar-refractivity contribution in [3.05, 3.63) is 30.0 Å². The number of fused-ring (bicyclic) bond motifs is 1. The summed E-state index contributed by atoms with van der Waals surface area (Å²) in [7, 11) is 0. The van der Waals surface area contributed by atoms with E-state index in [2.05, 4.69) is 6.92 Å². The Balaban J connectivity index is 2.58. The van der Waals surface area contributed by atoms with E-state index in [1.807, 2.05) is 16.7 Å². The SMILES string of the molecule is CCCCn1c(C(=O)O)cc2cc(N)ccc21. The number of nitrogens with two attached hydrogens (primary N) is 1. The molecule has 0 bridgehead atoms. The summed E-state index contributed by atoms with van der Waals surface area (Å²) < 4.78 is 1.85. The highest BCUT2D eigenvalue weighted by atomic mass is 16.4. The molecule has 1 heterocycles. The van der Waals surface area contributed by atoms with Gasteiger partial charge in [-0.25, -0.2) is 4.79 Å². The highest BCUT2D eigenvalue weighted by Gasteiger charge is 2.13. The highest BCUT2D eigenvalue weighted by Crippen LogP contribution is 2.23. The van der Waals surface area contributed by atoms with E-state index in [1.165, 1.54) is 0 Å². The summed E-state index contributed by atoms with van der Waals surface area (Å²) in [5.74, 6) is -0.893. The van der Waals surface area contributed by atoms with E-state index in [0.717, 1.165) is 30.3 Å². The molecule has 0 amide bonds. The molecule has 1 aromatic carbocycles. The van der Waals surface area contributed by atoms with Crippen LogP contribution in [-0.4, -0.2) is 15.6 Å². The van der Waals surface area contributed by atoms with Gasteiger partial charge in [0.05, 0.1) is 0 Å².